The molecule has 1 aliphatic heterocycles. The topological polar surface area (TPSA) is 69.6 Å². The van der Waals surface area contributed by atoms with Crippen molar-refractivity contribution < 1.29 is 14.7 Å². The Hall–Kier alpha value is -2.66. The lowest BCUT2D eigenvalue weighted by atomic mass is 10.1. The smallest absolute Gasteiger partial charge is 0.243 e. The molecule has 2 aromatic rings. The van der Waals surface area contributed by atoms with E-state index >= 15 is 0 Å². The van der Waals surface area contributed by atoms with Gasteiger partial charge in [0.1, 0.15) is 6.04 Å². The molecule has 0 fully saturated rings. The van der Waals surface area contributed by atoms with Crippen molar-refractivity contribution in [3.63, 3.8) is 0 Å². The molecule has 130 valence electrons. The Morgan fingerprint density at radius 2 is 1.84 bits per heavy atom. The third-order valence-corrected chi connectivity index (χ3v) is 4.52. The van der Waals surface area contributed by atoms with Gasteiger partial charge in [0.15, 0.2) is 0 Å². The molecule has 3 rings (SSSR count). The summed E-state index contributed by atoms with van der Waals surface area (Å²) in [5, 5.41) is 13.0. The molecule has 0 aliphatic carbocycles. The summed E-state index contributed by atoms with van der Waals surface area (Å²) >= 11 is 0. The number of carbonyl (C=O) groups is 2. The van der Waals surface area contributed by atoms with Crippen molar-refractivity contribution >= 4 is 17.5 Å². The molecular weight excluding hydrogens is 316 g/mol. The molecule has 5 heteroatoms. The quantitative estimate of drug-likeness (QED) is 0.878. The fourth-order valence-electron chi connectivity index (χ4n) is 3.28. The maximum absolute atomic E-state index is 12.6. The van der Waals surface area contributed by atoms with Crippen LogP contribution in [0.5, 0.6) is 0 Å². The van der Waals surface area contributed by atoms with E-state index in [-0.39, 0.29) is 11.8 Å². The second-order valence-electron chi connectivity index (χ2n) is 6.24. The zero-order chi connectivity index (χ0) is 17.8. The number of anilines is 1. The van der Waals surface area contributed by atoms with Gasteiger partial charge >= 0.3 is 0 Å². The minimum atomic E-state index is -0.619. The van der Waals surface area contributed by atoms with Gasteiger partial charge in [-0.15, -0.1) is 0 Å². The van der Waals surface area contributed by atoms with E-state index in [9.17, 15) is 14.7 Å². The van der Waals surface area contributed by atoms with E-state index in [0.29, 0.717) is 19.4 Å². The Kier molecular flexibility index (Phi) is 5.14. The average Bonchev–Trinajstić information content (AvgIpc) is 3.02. The summed E-state index contributed by atoms with van der Waals surface area (Å²) < 4.78 is 0. The van der Waals surface area contributed by atoms with E-state index in [1.165, 1.54) is 6.92 Å². The van der Waals surface area contributed by atoms with Gasteiger partial charge in [0, 0.05) is 25.6 Å². The van der Waals surface area contributed by atoms with Crippen molar-refractivity contribution in [1.82, 2.24) is 5.32 Å². The van der Waals surface area contributed by atoms with E-state index < -0.39 is 12.1 Å². The Balaban J connectivity index is 1.59. The summed E-state index contributed by atoms with van der Waals surface area (Å²) in [6.45, 7) is 1.83. The average molecular weight is 338 g/mol. The fraction of sp³-hybridized carbons (Fsp3) is 0.300. The van der Waals surface area contributed by atoms with Crippen LogP contribution in [0.4, 0.5) is 5.69 Å². The van der Waals surface area contributed by atoms with Gasteiger partial charge in [-0.1, -0.05) is 48.5 Å². The minimum Gasteiger partial charge on any atom is -0.388 e. The summed E-state index contributed by atoms with van der Waals surface area (Å²) in [6.07, 6.45) is 0.324. The number of amides is 2. The highest BCUT2D eigenvalue weighted by Gasteiger charge is 2.36. The summed E-state index contributed by atoms with van der Waals surface area (Å²) in [7, 11) is 0. The second kappa shape index (κ2) is 7.49. The number of hydrogen-bond acceptors (Lipinski definition) is 3. The molecule has 1 unspecified atom stereocenters. The van der Waals surface area contributed by atoms with E-state index in [2.05, 4.69) is 5.32 Å². The van der Waals surface area contributed by atoms with Gasteiger partial charge in [0.25, 0.3) is 0 Å². The fourth-order valence-corrected chi connectivity index (χ4v) is 3.28. The maximum atomic E-state index is 12.6. The van der Waals surface area contributed by atoms with Crippen LogP contribution in [0.1, 0.15) is 30.6 Å². The third-order valence-electron chi connectivity index (χ3n) is 4.52. The molecule has 0 spiro atoms. The Morgan fingerprint density at radius 3 is 2.56 bits per heavy atom. The first-order chi connectivity index (χ1) is 12.1. The molecule has 25 heavy (non-hydrogen) atoms. The normalized spacial score (nSPS) is 17.0. The van der Waals surface area contributed by atoms with E-state index in [0.717, 1.165) is 16.8 Å². The Bertz CT molecular complexity index is 761. The molecule has 2 N–H and O–H groups in total. The number of aliphatic hydroxyl groups excluding tert-OH is 1. The molecule has 2 atom stereocenters. The molecule has 2 aromatic carbocycles. The van der Waals surface area contributed by atoms with Crippen LogP contribution in [0.3, 0.4) is 0 Å². The van der Waals surface area contributed by atoms with Gasteiger partial charge in [-0.05, 0) is 23.6 Å². The number of aliphatic hydroxyl groups is 1. The van der Waals surface area contributed by atoms with Gasteiger partial charge < -0.3 is 10.4 Å². The number of fused-ring (bicyclic) bond motifs is 1. The first-order valence-corrected chi connectivity index (χ1v) is 8.46. The molecular formula is C20H22N2O3. The third kappa shape index (κ3) is 3.72. The number of para-hydroxylation sites is 1. The number of carbonyl (C=O) groups excluding carboxylic acids is 2. The van der Waals surface area contributed by atoms with Gasteiger partial charge in [0.2, 0.25) is 11.8 Å². The molecule has 0 aromatic heterocycles. The lowest BCUT2D eigenvalue weighted by molar-refractivity contribution is -0.125. The molecule has 1 aliphatic rings. The van der Waals surface area contributed by atoms with Crippen LogP contribution in [0.25, 0.3) is 0 Å². The van der Waals surface area contributed by atoms with E-state index in [1.54, 1.807) is 4.90 Å². The van der Waals surface area contributed by atoms with Crippen LogP contribution in [0, 0.1) is 0 Å². The lowest BCUT2D eigenvalue weighted by Crippen LogP contribution is -2.47. The largest absolute Gasteiger partial charge is 0.388 e. The van der Waals surface area contributed by atoms with E-state index in [1.807, 2.05) is 54.6 Å². The van der Waals surface area contributed by atoms with Crippen LogP contribution >= 0.6 is 0 Å². The summed E-state index contributed by atoms with van der Waals surface area (Å²) in [5.74, 6) is -0.332. The van der Waals surface area contributed by atoms with Gasteiger partial charge in [-0.25, -0.2) is 0 Å². The predicted molar refractivity (Wildman–Crippen MR) is 96.1 cm³/mol. The Labute approximate surface area is 147 Å². The minimum absolute atomic E-state index is 0.144. The number of rotatable bonds is 5. The zero-order valence-electron chi connectivity index (χ0n) is 14.2. The van der Waals surface area contributed by atoms with Crippen LogP contribution < -0.4 is 10.2 Å². The Morgan fingerprint density at radius 1 is 1.16 bits per heavy atom. The second-order valence-corrected chi connectivity index (χ2v) is 6.24. The predicted octanol–water partition coefficient (Wildman–Crippen LogP) is 2.20. The highest BCUT2D eigenvalue weighted by Crippen LogP contribution is 2.32. The van der Waals surface area contributed by atoms with Crippen molar-refractivity contribution in [2.45, 2.75) is 31.9 Å². The van der Waals surface area contributed by atoms with Crippen molar-refractivity contribution in [3.8, 4) is 0 Å². The first kappa shape index (κ1) is 17.2. The van der Waals surface area contributed by atoms with Crippen LogP contribution in [0.15, 0.2) is 54.6 Å². The SMILES string of the molecule is CC(=O)N1c2ccccc2C[C@H]1C(=O)NCCC(O)c1ccccc1. The molecule has 1 heterocycles. The standard InChI is InChI=1S/C20H22N2O3/c1-14(23)22-17-10-6-5-9-16(17)13-18(22)20(25)21-12-11-19(24)15-7-3-2-4-8-15/h2-10,18-19,24H,11-13H2,1H3,(H,21,25)/t18-,19?/m0/s1. The molecule has 0 bridgehead atoms. The van der Waals surface area contributed by atoms with Crippen molar-refractivity contribution in [3.05, 3.63) is 65.7 Å². The maximum Gasteiger partial charge on any atom is 0.243 e. The van der Waals surface area contributed by atoms with Crippen LogP contribution in [-0.2, 0) is 16.0 Å². The zero-order valence-corrected chi connectivity index (χ0v) is 14.2. The van der Waals surface area contributed by atoms with Gasteiger partial charge in [-0.3, -0.25) is 14.5 Å². The number of benzene rings is 2. The first-order valence-electron chi connectivity index (χ1n) is 8.46. The molecule has 5 nitrogen and oxygen atoms in total. The number of hydrogen-bond donors (Lipinski definition) is 2. The molecule has 2 amide bonds. The van der Waals surface area contributed by atoms with Crippen molar-refractivity contribution in [2.75, 3.05) is 11.4 Å². The van der Waals surface area contributed by atoms with Crippen molar-refractivity contribution in [1.29, 1.82) is 0 Å². The van der Waals surface area contributed by atoms with Crippen LogP contribution in [0.2, 0.25) is 0 Å². The van der Waals surface area contributed by atoms with Gasteiger partial charge in [0.05, 0.1) is 6.10 Å². The number of nitrogens with zero attached hydrogens (tertiary/aromatic N) is 1. The molecule has 0 saturated heterocycles. The van der Waals surface area contributed by atoms with E-state index in [4.69, 9.17) is 0 Å². The highest BCUT2D eigenvalue weighted by atomic mass is 16.3. The summed E-state index contributed by atoms with van der Waals surface area (Å²) in [6, 6.07) is 16.4. The summed E-state index contributed by atoms with van der Waals surface area (Å²) in [4.78, 5) is 26.1. The number of nitrogens with one attached hydrogen (secondary N) is 1. The highest BCUT2D eigenvalue weighted by molar-refractivity contribution is 6.02. The molecule has 0 saturated carbocycles. The summed E-state index contributed by atoms with van der Waals surface area (Å²) in [5.41, 5.74) is 2.64. The van der Waals surface area contributed by atoms with Crippen LogP contribution in [-0.4, -0.2) is 29.5 Å². The molecule has 0 radical (unpaired) electrons. The monoisotopic (exact) mass is 338 g/mol. The van der Waals surface area contributed by atoms with Crippen molar-refractivity contribution in [2.24, 2.45) is 0 Å². The lowest BCUT2D eigenvalue weighted by Gasteiger charge is -2.23. The van der Waals surface area contributed by atoms with Gasteiger partial charge in [-0.2, -0.15) is 0 Å².